The maximum Gasteiger partial charge on any atom is 0.278 e. The van der Waals surface area contributed by atoms with Crippen molar-refractivity contribution < 1.29 is 18.4 Å². The van der Waals surface area contributed by atoms with Crippen LogP contribution in [0.3, 0.4) is 0 Å². The number of aryl methyl sites for hydroxylation is 1. The van der Waals surface area contributed by atoms with Crippen LogP contribution in [0.15, 0.2) is 28.8 Å². The quantitative estimate of drug-likeness (QED) is 0.673. The monoisotopic (exact) mass is 383 g/mol. The molecule has 0 atom stereocenters. The average Bonchev–Trinajstić information content (AvgIpc) is 3.14. The van der Waals surface area contributed by atoms with Crippen LogP contribution < -0.4 is 4.74 Å². The highest BCUT2D eigenvalue weighted by Gasteiger charge is 2.34. The highest BCUT2D eigenvalue weighted by atomic mass is 19.1. The zero-order valence-corrected chi connectivity index (χ0v) is 15.3. The number of halogens is 1. The lowest BCUT2D eigenvalue weighted by Gasteiger charge is -2.16. The predicted molar refractivity (Wildman–Crippen MR) is 94.6 cm³/mol. The van der Waals surface area contributed by atoms with Gasteiger partial charge in [0.2, 0.25) is 0 Å². The van der Waals surface area contributed by atoms with Crippen molar-refractivity contribution in [2.45, 2.75) is 31.8 Å². The van der Waals surface area contributed by atoms with E-state index in [1.165, 1.54) is 24.3 Å². The summed E-state index contributed by atoms with van der Waals surface area (Å²) in [6.07, 6.45) is 2.19. The summed E-state index contributed by atoms with van der Waals surface area (Å²) < 4.78 is 25.6. The molecule has 0 bridgehead atoms. The van der Waals surface area contributed by atoms with Crippen LogP contribution in [0.5, 0.6) is 5.75 Å². The standard InChI is InChI=1S/C19H18FN5O3/c1-24-15-9-25(16(26)10-27-13-6-4-12(20)5-7-13)8-14(15)17(22-24)19-21-18(23-28-19)11-2-3-11/h4-7,11H,2-3,8-10H2,1H3. The molecule has 0 unspecified atom stereocenters. The van der Waals surface area contributed by atoms with E-state index in [0.717, 1.165) is 29.9 Å². The lowest BCUT2D eigenvalue weighted by atomic mass is 10.2. The highest BCUT2D eigenvalue weighted by molar-refractivity contribution is 5.79. The van der Waals surface area contributed by atoms with Gasteiger partial charge in [0.05, 0.1) is 18.8 Å². The molecule has 1 amide bonds. The van der Waals surface area contributed by atoms with Crippen LogP contribution in [0.1, 0.15) is 35.8 Å². The first kappa shape index (κ1) is 16.9. The zero-order chi connectivity index (χ0) is 19.3. The Hall–Kier alpha value is -3.23. The Balaban J connectivity index is 1.29. The van der Waals surface area contributed by atoms with E-state index in [-0.39, 0.29) is 18.3 Å². The third-order valence-corrected chi connectivity index (χ3v) is 5.08. The lowest BCUT2D eigenvalue weighted by molar-refractivity contribution is -0.134. The molecule has 9 heteroatoms. The Labute approximate surface area is 159 Å². The van der Waals surface area contributed by atoms with Crippen LogP contribution in [0, 0.1) is 5.82 Å². The largest absolute Gasteiger partial charge is 0.484 e. The van der Waals surface area contributed by atoms with Gasteiger partial charge in [-0.1, -0.05) is 5.16 Å². The van der Waals surface area contributed by atoms with Crippen molar-refractivity contribution in [3.05, 3.63) is 47.2 Å². The summed E-state index contributed by atoms with van der Waals surface area (Å²) in [5.41, 5.74) is 2.49. The molecule has 8 nitrogen and oxygen atoms in total. The van der Waals surface area contributed by atoms with E-state index in [2.05, 4.69) is 15.2 Å². The molecule has 0 radical (unpaired) electrons. The third kappa shape index (κ3) is 3.02. The summed E-state index contributed by atoms with van der Waals surface area (Å²) >= 11 is 0. The van der Waals surface area contributed by atoms with Gasteiger partial charge in [-0.05, 0) is 37.1 Å². The Morgan fingerprint density at radius 2 is 2.07 bits per heavy atom. The Morgan fingerprint density at radius 1 is 1.29 bits per heavy atom. The Bertz CT molecular complexity index is 1040. The summed E-state index contributed by atoms with van der Waals surface area (Å²) in [4.78, 5) is 18.7. The van der Waals surface area contributed by atoms with E-state index < -0.39 is 0 Å². The van der Waals surface area contributed by atoms with Crippen LogP contribution in [-0.4, -0.2) is 37.3 Å². The number of rotatable bonds is 5. The van der Waals surface area contributed by atoms with Gasteiger partial charge in [-0.25, -0.2) is 4.39 Å². The first-order valence-electron chi connectivity index (χ1n) is 9.13. The molecule has 1 saturated carbocycles. The molecule has 0 N–H and O–H groups in total. The van der Waals surface area contributed by atoms with E-state index in [0.29, 0.717) is 36.3 Å². The van der Waals surface area contributed by atoms with Gasteiger partial charge in [0.15, 0.2) is 18.1 Å². The first-order valence-corrected chi connectivity index (χ1v) is 9.13. The summed E-state index contributed by atoms with van der Waals surface area (Å²) in [6, 6.07) is 5.58. The van der Waals surface area contributed by atoms with Gasteiger partial charge in [-0.3, -0.25) is 9.48 Å². The summed E-state index contributed by atoms with van der Waals surface area (Å²) in [5.74, 6) is 1.47. The number of benzene rings is 1. The highest BCUT2D eigenvalue weighted by Crippen LogP contribution is 2.39. The second kappa shape index (κ2) is 6.43. The predicted octanol–water partition coefficient (Wildman–Crippen LogP) is 2.41. The number of carbonyl (C=O) groups is 1. The fourth-order valence-electron chi connectivity index (χ4n) is 3.35. The molecular weight excluding hydrogens is 365 g/mol. The number of ether oxygens (including phenoxy) is 1. The summed E-state index contributed by atoms with van der Waals surface area (Å²) in [7, 11) is 1.84. The number of carbonyl (C=O) groups excluding carboxylic acids is 1. The summed E-state index contributed by atoms with van der Waals surface area (Å²) in [6.45, 7) is 0.730. The molecule has 2 aliphatic rings. The summed E-state index contributed by atoms with van der Waals surface area (Å²) in [5, 5.41) is 8.56. The molecule has 3 aromatic rings. The molecule has 0 spiro atoms. The van der Waals surface area contributed by atoms with Crippen LogP contribution in [-0.2, 0) is 24.9 Å². The zero-order valence-electron chi connectivity index (χ0n) is 15.3. The average molecular weight is 383 g/mol. The SMILES string of the molecule is Cn1nc(-c2nc(C3CC3)no2)c2c1CN(C(=O)COc1ccc(F)cc1)C2. The number of amides is 1. The maximum absolute atomic E-state index is 13.0. The normalized spacial score (nSPS) is 15.7. The van der Waals surface area contributed by atoms with Crippen molar-refractivity contribution in [3.63, 3.8) is 0 Å². The fourth-order valence-corrected chi connectivity index (χ4v) is 3.35. The van der Waals surface area contributed by atoms with Crippen LogP contribution >= 0.6 is 0 Å². The first-order chi connectivity index (χ1) is 13.6. The van der Waals surface area contributed by atoms with Gasteiger partial charge >= 0.3 is 0 Å². The van der Waals surface area contributed by atoms with Crippen LogP contribution in [0.25, 0.3) is 11.6 Å². The molecule has 1 aliphatic carbocycles. The van der Waals surface area contributed by atoms with Gasteiger partial charge < -0.3 is 14.2 Å². The second-order valence-electron chi connectivity index (χ2n) is 7.12. The minimum atomic E-state index is -0.348. The van der Waals surface area contributed by atoms with Crippen molar-refractivity contribution in [1.82, 2.24) is 24.8 Å². The molecule has 1 fully saturated rings. The number of fused-ring (bicyclic) bond motifs is 1. The molecule has 1 aromatic carbocycles. The molecule has 0 saturated heterocycles. The molecular formula is C19H18FN5O3. The smallest absolute Gasteiger partial charge is 0.278 e. The molecule has 2 aromatic heterocycles. The van der Waals surface area contributed by atoms with Crippen molar-refractivity contribution in [2.75, 3.05) is 6.61 Å². The number of hydrogen-bond donors (Lipinski definition) is 0. The minimum Gasteiger partial charge on any atom is -0.484 e. The van der Waals surface area contributed by atoms with Gasteiger partial charge in [0, 0.05) is 18.5 Å². The third-order valence-electron chi connectivity index (χ3n) is 5.08. The van der Waals surface area contributed by atoms with Crippen molar-refractivity contribution in [2.24, 2.45) is 7.05 Å². The number of hydrogen-bond acceptors (Lipinski definition) is 6. The lowest BCUT2D eigenvalue weighted by Crippen LogP contribution is -2.31. The molecule has 144 valence electrons. The van der Waals surface area contributed by atoms with Gasteiger partial charge in [0.1, 0.15) is 11.6 Å². The van der Waals surface area contributed by atoms with E-state index in [4.69, 9.17) is 9.26 Å². The Kier molecular flexibility index (Phi) is 3.88. The van der Waals surface area contributed by atoms with E-state index in [1.807, 2.05) is 7.05 Å². The fraction of sp³-hybridized carbons (Fsp3) is 0.368. The minimum absolute atomic E-state index is 0.116. The Morgan fingerprint density at radius 3 is 2.82 bits per heavy atom. The van der Waals surface area contributed by atoms with E-state index in [1.54, 1.807) is 9.58 Å². The van der Waals surface area contributed by atoms with Crippen molar-refractivity contribution >= 4 is 5.91 Å². The molecule has 5 rings (SSSR count). The van der Waals surface area contributed by atoms with Crippen LogP contribution in [0.2, 0.25) is 0 Å². The topological polar surface area (TPSA) is 86.3 Å². The molecule has 1 aliphatic heterocycles. The van der Waals surface area contributed by atoms with E-state index in [9.17, 15) is 9.18 Å². The van der Waals surface area contributed by atoms with E-state index >= 15 is 0 Å². The van der Waals surface area contributed by atoms with Crippen LogP contribution in [0.4, 0.5) is 4.39 Å². The second-order valence-corrected chi connectivity index (χ2v) is 7.12. The van der Waals surface area contributed by atoms with Crippen molar-refractivity contribution in [3.8, 4) is 17.3 Å². The van der Waals surface area contributed by atoms with Crippen molar-refractivity contribution in [1.29, 1.82) is 0 Å². The maximum atomic E-state index is 13.0. The van der Waals surface area contributed by atoms with Gasteiger partial charge in [0.25, 0.3) is 11.8 Å². The number of nitrogens with zero attached hydrogens (tertiary/aromatic N) is 5. The van der Waals surface area contributed by atoms with Gasteiger partial charge in [-0.2, -0.15) is 10.1 Å². The molecule has 28 heavy (non-hydrogen) atoms. The van der Waals surface area contributed by atoms with Gasteiger partial charge in [-0.15, -0.1) is 0 Å². The molecule has 3 heterocycles. The number of aromatic nitrogens is 4.